The number of hydrogen-bond donors (Lipinski definition) is 0. The summed E-state index contributed by atoms with van der Waals surface area (Å²) in [6.45, 7) is -0.0431. The quantitative estimate of drug-likeness (QED) is 0.775. The molecule has 0 spiro atoms. The molecule has 0 aromatic heterocycles. The van der Waals surface area contributed by atoms with E-state index in [2.05, 4.69) is 0 Å². The zero-order valence-electron chi connectivity index (χ0n) is 13.7. The summed E-state index contributed by atoms with van der Waals surface area (Å²) in [5.74, 6) is -2.36. The number of rotatable bonds is 2. The molecule has 0 bridgehead atoms. The van der Waals surface area contributed by atoms with Crippen molar-refractivity contribution in [1.29, 1.82) is 0 Å². The maximum atomic E-state index is 14.1. The SMILES string of the molecule is O=C(c1c(F)cccc1Cl)N1CCC(c2ccccc2F)S(=O)(=O)CC1. The topological polar surface area (TPSA) is 54.5 Å². The summed E-state index contributed by atoms with van der Waals surface area (Å²) >= 11 is 5.93. The lowest BCUT2D eigenvalue weighted by Crippen LogP contribution is -2.34. The summed E-state index contributed by atoms with van der Waals surface area (Å²) in [7, 11) is -3.67. The van der Waals surface area contributed by atoms with Gasteiger partial charge < -0.3 is 4.90 Å². The maximum Gasteiger partial charge on any atom is 0.258 e. The molecular formula is C18H16ClF2NO3S. The molecule has 2 aromatic carbocycles. The Morgan fingerprint density at radius 3 is 2.42 bits per heavy atom. The highest BCUT2D eigenvalue weighted by Crippen LogP contribution is 2.32. The first kappa shape index (κ1) is 18.8. The molecule has 8 heteroatoms. The van der Waals surface area contributed by atoms with Gasteiger partial charge in [0.15, 0.2) is 9.84 Å². The average molecular weight is 400 g/mol. The molecule has 1 atom stereocenters. The van der Waals surface area contributed by atoms with Crippen LogP contribution in [0.4, 0.5) is 8.78 Å². The maximum absolute atomic E-state index is 14.1. The van der Waals surface area contributed by atoms with Gasteiger partial charge in [-0.2, -0.15) is 0 Å². The second-order valence-electron chi connectivity index (χ2n) is 6.05. The Morgan fingerprint density at radius 2 is 1.73 bits per heavy atom. The summed E-state index contributed by atoms with van der Waals surface area (Å²) in [5, 5.41) is -1.08. The summed E-state index contributed by atoms with van der Waals surface area (Å²) in [4.78, 5) is 13.9. The van der Waals surface area contributed by atoms with Gasteiger partial charge in [-0.3, -0.25) is 4.79 Å². The van der Waals surface area contributed by atoms with Gasteiger partial charge in [0.1, 0.15) is 11.6 Å². The van der Waals surface area contributed by atoms with Crippen molar-refractivity contribution < 1.29 is 22.0 Å². The Balaban J connectivity index is 1.90. The molecule has 138 valence electrons. The molecule has 3 rings (SSSR count). The normalized spacial score (nSPS) is 19.8. The lowest BCUT2D eigenvalue weighted by molar-refractivity contribution is 0.0762. The summed E-state index contributed by atoms with van der Waals surface area (Å²) < 4.78 is 53.2. The highest BCUT2D eigenvalue weighted by molar-refractivity contribution is 7.91. The van der Waals surface area contributed by atoms with Crippen LogP contribution in [-0.2, 0) is 9.84 Å². The first-order valence-electron chi connectivity index (χ1n) is 8.00. The first-order chi connectivity index (χ1) is 12.3. The number of nitrogens with zero attached hydrogens (tertiary/aromatic N) is 1. The van der Waals surface area contributed by atoms with Crippen LogP contribution in [0.1, 0.15) is 27.6 Å². The van der Waals surface area contributed by atoms with Gasteiger partial charge in [0.2, 0.25) is 0 Å². The molecule has 0 aliphatic carbocycles. The van der Waals surface area contributed by atoms with Crippen LogP contribution in [0.3, 0.4) is 0 Å². The zero-order chi connectivity index (χ0) is 18.9. The molecule has 26 heavy (non-hydrogen) atoms. The zero-order valence-corrected chi connectivity index (χ0v) is 15.2. The molecule has 1 aliphatic heterocycles. The Kier molecular flexibility index (Phi) is 5.29. The molecule has 1 aliphatic rings. The van der Waals surface area contributed by atoms with E-state index >= 15 is 0 Å². The largest absolute Gasteiger partial charge is 0.337 e. The van der Waals surface area contributed by atoms with Crippen molar-refractivity contribution in [3.8, 4) is 0 Å². The van der Waals surface area contributed by atoms with Gasteiger partial charge in [-0.05, 0) is 24.6 Å². The van der Waals surface area contributed by atoms with Gasteiger partial charge in [0, 0.05) is 18.7 Å². The summed E-state index contributed by atoms with van der Waals surface area (Å²) in [6, 6.07) is 9.60. The number of hydrogen-bond acceptors (Lipinski definition) is 3. The minimum atomic E-state index is -3.67. The van der Waals surface area contributed by atoms with Gasteiger partial charge in [0.25, 0.3) is 5.91 Å². The molecule has 2 aromatic rings. The molecule has 1 saturated heterocycles. The van der Waals surface area contributed by atoms with E-state index in [0.717, 1.165) is 6.07 Å². The minimum Gasteiger partial charge on any atom is -0.337 e. The molecule has 0 N–H and O–H groups in total. The van der Waals surface area contributed by atoms with Crippen LogP contribution in [0.15, 0.2) is 42.5 Å². The van der Waals surface area contributed by atoms with E-state index in [9.17, 15) is 22.0 Å². The third kappa shape index (κ3) is 3.59. The fraction of sp³-hybridized carbons (Fsp3) is 0.278. The van der Waals surface area contributed by atoms with Gasteiger partial charge in [-0.15, -0.1) is 0 Å². The van der Waals surface area contributed by atoms with Crippen molar-refractivity contribution in [1.82, 2.24) is 4.90 Å². The van der Waals surface area contributed by atoms with Crippen LogP contribution >= 0.6 is 11.6 Å². The number of benzene rings is 2. The highest BCUT2D eigenvalue weighted by Gasteiger charge is 2.35. The molecule has 0 radical (unpaired) electrons. The smallest absolute Gasteiger partial charge is 0.258 e. The lowest BCUT2D eigenvalue weighted by atomic mass is 10.1. The van der Waals surface area contributed by atoms with Gasteiger partial charge >= 0.3 is 0 Å². The van der Waals surface area contributed by atoms with Crippen LogP contribution < -0.4 is 0 Å². The van der Waals surface area contributed by atoms with Crippen molar-refractivity contribution in [3.05, 3.63) is 70.2 Å². The van der Waals surface area contributed by atoms with Crippen LogP contribution in [0.2, 0.25) is 5.02 Å². The third-order valence-corrected chi connectivity index (χ3v) is 6.88. The van der Waals surface area contributed by atoms with E-state index in [1.54, 1.807) is 6.07 Å². The van der Waals surface area contributed by atoms with Gasteiger partial charge in [0.05, 0.1) is 21.6 Å². The van der Waals surface area contributed by atoms with Crippen LogP contribution in [0.5, 0.6) is 0 Å². The predicted molar refractivity (Wildman–Crippen MR) is 94.9 cm³/mol. The highest BCUT2D eigenvalue weighted by atomic mass is 35.5. The van der Waals surface area contributed by atoms with Crippen LogP contribution in [0, 0.1) is 11.6 Å². The van der Waals surface area contributed by atoms with Crippen molar-refractivity contribution in [2.45, 2.75) is 11.7 Å². The molecule has 1 fully saturated rings. The van der Waals surface area contributed by atoms with E-state index in [1.807, 2.05) is 0 Å². The number of amides is 1. The number of carbonyl (C=O) groups excluding carboxylic acids is 1. The van der Waals surface area contributed by atoms with Crippen molar-refractivity contribution >= 4 is 27.3 Å². The molecule has 1 amide bonds. The average Bonchev–Trinajstić information content (AvgIpc) is 2.73. The third-order valence-electron chi connectivity index (χ3n) is 4.46. The van der Waals surface area contributed by atoms with E-state index in [0.29, 0.717) is 0 Å². The first-order valence-corrected chi connectivity index (χ1v) is 10.1. The molecule has 0 saturated carbocycles. The monoisotopic (exact) mass is 399 g/mol. The van der Waals surface area contributed by atoms with Gasteiger partial charge in [-0.1, -0.05) is 35.9 Å². The molecular weight excluding hydrogens is 384 g/mol. The fourth-order valence-electron chi connectivity index (χ4n) is 3.09. The second-order valence-corrected chi connectivity index (χ2v) is 8.76. The number of carbonyl (C=O) groups is 1. The Hall–Kier alpha value is -1.99. The van der Waals surface area contributed by atoms with Gasteiger partial charge in [-0.25, -0.2) is 17.2 Å². The number of sulfone groups is 1. The predicted octanol–water partition coefficient (Wildman–Crippen LogP) is 3.62. The lowest BCUT2D eigenvalue weighted by Gasteiger charge is -2.21. The molecule has 1 heterocycles. The summed E-state index contributed by atoms with van der Waals surface area (Å²) in [6.07, 6.45) is 0.0288. The van der Waals surface area contributed by atoms with E-state index in [4.69, 9.17) is 11.6 Å². The van der Waals surface area contributed by atoms with Crippen LogP contribution in [-0.4, -0.2) is 38.1 Å². The van der Waals surface area contributed by atoms with E-state index in [1.165, 1.54) is 35.2 Å². The van der Waals surface area contributed by atoms with Crippen molar-refractivity contribution in [2.24, 2.45) is 0 Å². The Morgan fingerprint density at radius 1 is 1.04 bits per heavy atom. The molecule has 4 nitrogen and oxygen atoms in total. The second kappa shape index (κ2) is 7.32. The number of halogens is 3. The fourth-order valence-corrected chi connectivity index (χ4v) is 5.14. The standard InChI is InChI=1S/C18H16ClF2NO3S/c19-13-5-3-7-15(21)17(13)18(23)22-9-8-16(26(24,25)11-10-22)12-4-1-2-6-14(12)20/h1-7,16H,8-11H2. The Bertz CT molecular complexity index is 929. The minimum absolute atomic E-state index is 0.0288. The van der Waals surface area contributed by atoms with Crippen molar-refractivity contribution in [2.75, 3.05) is 18.8 Å². The summed E-state index contributed by atoms with van der Waals surface area (Å²) in [5.41, 5.74) is -0.193. The van der Waals surface area contributed by atoms with E-state index < -0.39 is 32.6 Å². The van der Waals surface area contributed by atoms with Crippen LogP contribution in [0.25, 0.3) is 0 Å². The van der Waals surface area contributed by atoms with E-state index in [-0.39, 0.29) is 41.4 Å². The Labute approximate surface area is 155 Å². The molecule has 1 unspecified atom stereocenters. The van der Waals surface area contributed by atoms with Crippen molar-refractivity contribution in [3.63, 3.8) is 0 Å².